The van der Waals surface area contributed by atoms with Crippen molar-refractivity contribution >= 4 is 5.97 Å². The lowest BCUT2D eigenvalue weighted by Gasteiger charge is -2.28. The first-order valence-electron chi connectivity index (χ1n) is 4.23. The maximum absolute atomic E-state index is 10.6. The Labute approximate surface area is 72.7 Å². The van der Waals surface area contributed by atoms with Gasteiger partial charge in [0, 0.05) is 13.1 Å². The number of carboxylic acid groups (broad SMARTS) is 1. The van der Waals surface area contributed by atoms with Crippen molar-refractivity contribution in [2.75, 3.05) is 13.1 Å². The summed E-state index contributed by atoms with van der Waals surface area (Å²) in [6.45, 7) is 5.47. The van der Waals surface area contributed by atoms with Crippen LogP contribution in [0.2, 0.25) is 0 Å². The second kappa shape index (κ2) is 3.72. The Morgan fingerprint density at radius 2 is 2.42 bits per heavy atom. The Morgan fingerprint density at radius 3 is 2.83 bits per heavy atom. The molecule has 3 nitrogen and oxygen atoms in total. The molecule has 1 rings (SSSR count). The molecule has 3 heteroatoms. The van der Waals surface area contributed by atoms with Crippen LogP contribution in [0.15, 0.2) is 11.6 Å². The predicted molar refractivity (Wildman–Crippen MR) is 47.0 cm³/mol. The van der Waals surface area contributed by atoms with E-state index in [2.05, 4.69) is 13.0 Å². The molecule has 0 spiro atoms. The third-order valence-corrected chi connectivity index (χ3v) is 2.37. The molecular weight excluding hydrogens is 154 g/mol. The van der Waals surface area contributed by atoms with Gasteiger partial charge in [-0.3, -0.25) is 9.69 Å². The molecular formula is C9H15NO2. The summed E-state index contributed by atoms with van der Waals surface area (Å²) in [7, 11) is 0. The van der Waals surface area contributed by atoms with Gasteiger partial charge < -0.3 is 5.11 Å². The first-order valence-corrected chi connectivity index (χ1v) is 4.23. The topological polar surface area (TPSA) is 40.5 Å². The van der Waals surface area contributed by atoms with Gasteiger partial charge in [-0.15, -0.1) is 0 Å². The van der Waals surface area contributed by atoms with Crippen LogP contribution in [0.1, 0.15) is 20.3 Å². The minimum absolute atomic E-state index is 0.352. The minimum Gasteiger partial charge on any atom is -0.480 e. The fourth-order valence-electron chi connectivity index (χ4n) is 1.29. The largest absolute Gasteiger partial charge is 0.480 e. The van der Waals surface area contributed by atoms with E-state index in [1.807, 2.05) is 4.90 Å². The van der Waals surface area contributed by atoms with Gasteiger partial charge in [0.25, 0.3) is 0 Å². The van der Waals surface area contributed by atoms with Crippen LogP contribution in [0.3, 0.4) is 0 Å². The van der Waals surface area contributed by atoms with E-state index in [-0.39, 0.29) is 6.04 Å². The van der Waals surface area contributed by atoms with Gasteiger partial charge in [0.05, 0.1) is 0 Å². The standard InChI is InChI=1S/C9H15NO2/c1-7-3-5-10(6-4-7)8(2)9(11)12/h3,8H,4-6H2,1-2H3,(H,11,12). The molecule has 0 aliphatic carbocycles. The Kier molecular flexibility index (Phi) is 2.87. The van der Waals surface area contributed by atoms with Crippen molar-refractivity contribution in [2.24, 2.45) is 0 Å². The monoisotopic (exact) mass is 169 g/mol. The molecule has 1 aliphatic rings. The van der Waals surface area contributed by atoms with Crippen LogP contribution in [-0.4, -0.2) is 35.1 Å². The zero-order valence-electron chi connectivity index (χ0n) is 7.58. The molecule has 0 aromatic heterocycles. The number of aliphatic carboxylic acids is 1. The smallest absolute Gasteiger partial charge is 0.320 e. The van der Waals surface area contributed by atoms with Crippen LogP contribution in [0, 0.1) is 0 Å². The zero-order valence-corrected chi connectivity index (χ0v) is 7.58. The molecule has 0 saturated heterocycles. The molecule has 1 N–H and O–H groups in total. The van der Waals surface area contributed by atoms with E-state index in [0.717, 1.165) is 19.5 Å². The summed E-state index contributed by atoms with van der Waals surface area (Å²) >= 11 is 0. The molecule has 0 radical (unpaired) electrons. The molecule has 1 unspecified atom stereocenters. The Balaban J connectivity index is 2.51. The molecule has 1 aliphatic heterocycles. The third-order valence-electron chi connectivity index (χ3n) is 2.37. The van der Waals surface area contributed by atoms with Crippen LogP contribution < -0.4 is 0 Å². The lowest BCUT2D eigenvalue weighted by atomic mass is 10.1. The summed E-state index contributed by atoms with van der Waals surface area (Å²) in [6, 6.07) is -0.352. The molecule has 0 saturated carbocycles. The number of hydrogen-bond acceptors (Lipinski definition) is 2. The van der Waals surface area contributed by atoms with Gasteiger partial charge in [0.15, 0.2) is 0 Å². The van der Waals surface area contributed by atoms with Crippen molar-refractivity contribution in [1.82, 2.24) is 4.90 Å². The van der Waals surface area contributed by atoms with Gasteiger partial charge in [0.1, 0.15) is 6.04 Å². The fourth-order valence-corrected chi connectivity index (χ4v) is 1.29. The Hall–Kier alpha value is -0.830. The van der Waals surface area contributed by atoms with E-state index in [0.29, 0.717) is 0 Å². The molecule has 0 fully saturated rings. The first-order chi connectivity index (χ1) is 5.61. The normalized spacial score (nSPS) is 21.7. The van der Waals surface area contributed by atoms with E-state index in [1.54, 1.807) is 6.92 Å². The molecule has 68 valence electrons. The highest BCUT2D eigenvalue weighted by Gasteiger charge is 2.20. The SMILES string of the molecule is CC1=CCN(C(C)C(=O)O)CC1. The second-order valence-corrected chi connectivity index (χ2v) is 3.31. The summed E-state index contributed by atoms with van der Waals surface area (Å²) in [6.07, 6.45) is 3.10. The highest BCUT2D eigenvalue weighted by atomic mass is 16.4. The number of hydrogen-bond donors (Lipinski definition) is 1. The highest BCUT2D eigenvalue weighted by molar-refractivity contribution is 5.72. The van der Waals surface area contributed by atoms with Crippen molar-refractivity contribution in [2.45, 2.75) is 26.3 Å². The van der Waals surface area contributed by atoms with E-state index in [4.69, 9.17) is 5.11 Å². The van der Waals surface area contributed by atoms with E-state index in [9.17, 15) is 4.79 Å². The number of nitrogens with zero attached hydrogens (tertiary/aromatic N) is 1. The van der Waals surface area contributed by atoms with Gasteiger partial charge in [-0.2, -0.15) is 0 Å². The first kappa shape index (κ1) is 9.26. The highest BCUT2D eigenvalue weighted by Crippen LogP contribution is 2.12. The summed E-state index contributed by atoms with van der Waals surface area (Å²) in [5.41, 5.74) is 1.36. The predicted octanol–water partition coefficient (Wildman–Crippen LogP) is 1.11. The average molecular weight is 169 g/mol. The van der Waals surface area contributed by atoms with Crippen LogP contribution in [0.4, 0.5) is 0 Å². The van der Waals surface area contributed by atoms with E-state index < -0.39 is 5.97 Å². The number of carboxylic acids is 1. The molecule has 1 heterocycles. The van der Waals surface area contributed by atoms with Gasteiger partial charge >= 0.3 is 5.97 Å². The maximum Gasteiger partial charge on any atom is 0.320 e. The van der Waals surface area contributed by atoms with Crippen LogP contribution in [-0.2, 0) is 4.79 Å². The quantitative estimate of drug-likeness (QED) is 0.629. The lowest BCUT2D eigenvalue weighted by Crippen LogP contribution is -2.41. The summed E-state index contributed by atoms with van der Waals surface area (Å²) in [5, 5.41) is 8.74. The van der Waals surface area contributed by atoms with Gasteiger partial charge in [-0.25, -0.2) is 0 Å². The van der Waals surface area contributed by atoms with Crippen molar-refractivity contribution in [3.8, 4) is 0 Å². The number of rotatable bonds is 2. The third kappa shape index (κ3) is 2.08. The van der Waals surface area contributed by atoms with Crippen LogP contribution in [0.25, 0.3) is 0 Å². The van der Waals surface area contributed by atoms with Crippen molar-refractivity contribution in [3.05, 3.63) is 11.6 Å². The van der Waals surface area contributed by atoms with Gasteiger partial charge in [-0.05, 0) is 20.3 Å². The van der Waals surface area contributed by atoms with Crippen molar-refractivity contribution in [3.63, 3.8) is 0 Å². The molecule has 1 atom stereocenters. The average Bonchev–Trinajstić information content (AvgIpc) is 2.04. The molecule has 0 amide bonds. The van der Waals surface area contributed by atoms with Crippen LogP contribution >= 0.6 is 0 Å². The summed E-state index contributed by atoms with van der Waals surface area (Å²) in [4.78, 5) is 12.6. The lowest BCUT2D eigenvalue weighted by molar-refractivity contribution is -0.142. The molecule has 0 aromatic rings. The van der Waals surface area contributed by atoms with Crippen molar-refractivity contribution < 1.29 is 9.90 Å². The maximum atomic E-state index is 10.6. The van der Waals surface area contributed by atoms with E-state index >= 15 is 0 Å². The van der Waals surface area contributed by atoms with Gasteiger partial charge in [0.2, 0.25) is 0 Å². The summed E-state index contributed by atoms with van der Waals surface area (Å²) < 4.78 is 0. The Bertz CT molecular complexity index is 211. The number of carbonyl (C=O) groups is 1. The minimum atomic E-state index is -0.733. The molecule has 12 heavy (non-hydrogen) atoms. The molecule has 0 aromatic carbocycles. The summed E-state index contributed by atoms with van der Waals surface area (Å²) in [5.74, 6) is -0.733. The van der Waals surface area contributed by atoms with Crippen LogP contribution in [0.5, 0.6) is 0 Å². The fraction of sp³-hybridized carbons (Fsp3) is 0.667. The molecule has 0 bridgehead atoms. The Morgan fingerprint density at radius 1 is 1.75 bits per heavy atom. The zero-order chi connectivity index (χ0) is 9.14. The van der Waals surface area contributed by atoms with E-state index in [1.165, 1.54) is 5.57 Å². The van der Waals surface area contributed by atoms with Crippen molar-refractivity contribution in [1.29, 1.82) is 0 Å². The second-order valence-electron chi connectivity index (χ2n) is 3.31. The van der Waals surface area contributed by atoms with Gasteiger partial charge in [-0.1, -0.05) is 11.6 Å².